The highest BCUT2D eigenvalue weighted by Crippen LogP contribution is 2.30. The Bertz CT molecular complexity index is 572. The molecule has 3 N–H and O–H groups in total. The zero-order chi connectivity index (χ0) is 14.1. The number of nitrogens with two attached hydrogens (primary N) is 1. The van der Waals surface area contributed by atoms with E-state index in [-0.39, 0.29) is 14.7 Å². The van der Waals surface area contributed by atoms with E-state index in [1.165, 1.54) is 6.42 Å². The highest BCUT2D eigenvalue weighted by atomic mass is 32.2. The fourth-order valence-electron chi connectivity index (χ4n) is 2.41. The number of rotatable bonds is 4. The van der Waals surface area contributed by atoms with Gasteiger partial charge in [-0.05, 0) is 31.9 Å². The summed E-state index contributed by atoms with van der Waals surface area (Å²) in [6.45, 7) is 1.98. The number of nitrogens with one attached hydrogen (secondary N) is 1. The van der Waals surface area contributed by atoms with Crippen molar-refractivity contribution in [2.24, 2.45) is 5.73 Å². The molecule has 0 amide bonds. The Labute approximate surface area is 123 Å². The third kappa shape index (κ3) is 3.53. The molecule has 1 aliphatic carbocycles. The van der Waals surface area contributed by atoms with Gasteiger partial charge < -0.3 is 5.73 Å². The van der Waals surface area contributed by atoms with Crippen LogP contribution in [0, 0.1) is 0 Å². The highest BCUT2D eigenvalue weighted by molar-refractivity contribution is 7.91. The molecular formula is C12H18N2O2S3. The molecule has 1 aromatic rings. The standard InChI is InChI=1S/C12H18N2O2S3/c1-12(7-3-2-4-8-12)14-19(15,16)10-6-5-9(18-10)11(13)17/h5-6,14H,2-4,7-8H2,1H3,(H2,13,17). The number of sulfonamides is 1. The molecule has 0 radical (unpaired) electrons. The van der Waals surface area contributed by atoms with E-state index in [9.17, 15) is 8.42 Å². The molecule has 0 atom stereocenters. The maximum absolute atomic E-state index is 12.4. The van der Waals surface area contributed by atoms with Crippen LogP contribution in [0.2, 0.25) is 0 Å². The number of thiocarbonyl (C=S) groups is 1. The average Bonchev–Trinajstić information content (AvgIpc) is 2.78. The van der Waals surface area contributed by atoms with Crippen molar-refractivity contribution in [1.29, 1.82) is 0 Å². The van der Waals surface area contributed by atoms with Crippen molar-refractivity contribution in [3.8, 4) is 0 Å². The summed E-state index contributed by atoms with van der Waals surface area (Å²) < 4.78 is 27.8. The second-order valence-corrected chi connectivity index (χ2v) is 8.64. The molecule has 0 unspecified atom stereocenters. The van der Waals surface area contributed by atoms with Gasteiger partial charge in [0.1, 0.15) is 9.20 Å². The minimum Gasteiger partial charge on any atom is -0.389 e. The van der Waals surface area contributed by atoms with Gasteiger partial charge in [0.2, 0.25) is 0 Å². The molecule has 1 saturated carbocycles. The number of thiophene rings is 1. The van der Waals surface area contributed by atoms with Crippen molar-refractivity contribution in [2.45, 2.75) is 48.8 Å². The molecule has 0 spiro atoms. The van der Waals surface area contributed by atoms with Gasteiger partial charge in [0.25, 0.3) is 10.0 Å². The summed E-state index contributed by atoms with van der Waals surface area (Å²) in [7, 11) is -3.48. The van der Waals surface area contributed by atoms with Crippen LogP contribution >= 0.6 is 23.6 Å². The van der Waals surface area contributed by atoms with Gasteiger partial charge in [-0.25, -0.2) is 13.1 Å². The van der Waals surface area contributed by atoms with Crippen LogP contribution in [0.3, 0.4) is 0 Å². The lowest BCUT2D eigenvalue weighted by atomic mass is 9.84. The zero-order valence-electron chi connectivity index (χ0n) is 10.8. The molecule has 106 valence electrons. The number of hydrogen-bond donors (Lipinski definition) is 2. The molecule has 0 bridgehead atoms. The fourth-order valence-corrected chi connectivity index (χ4v) is 5.22. The van der Waals surface area contributed by atoms with Crippen molar-refractivity contribution >= 4 is 38.6 Å². The van der Waals surface area contributed by atoms with E-state index in [1.807, 2.05) is 6.92 Å². The first kappa shape index (κ1) is 14.9. The monoisotopic (exact) mass is 318 g/mol. The van der Waals surface area contributed by atoms with Crippen molar-refractivity contribution in [1.82, 2.24) is 4.72 Å². The maximum Gasteiger partial charge on any atom is 0.250 e. The Hall–Kier alpha value is -0.500. The second kappa shape index (κ2) is 5.47. The Morgan fingerprint density at radius 1 is 1.37 bits per heavy atom. The summed E-state index contributed by atoms with van der Waals surface area (Å²) in [6.07, 6.45) is 5.10. The van der Waals surface area contributed by atoms with E-state index in [0.29, 0.717) is 4.88 Å². The van der Waals surface area contributed by atoms with E-state index in [2.05, 4.69) is 4.72 Å². The molecule has 1 aromatic heterocycles. The van der Waals surface area contributed by atoms with Crippen molar-refractivity contribution in [3.05, 3.63) is 17.0 Å². The lowest BCUT2D eigenvalue weighted by molar-refractivity contribution is 0.294. The van der Waals surface area contributed by atoms with E-state index >= 15 is 0 Å². The van der Waals surface area contributed by atoms with E-state index in [4.69, 9.17) is 18.0 Å². The molecule has 0 aromatic carbocycles. The van der Waals surface area contributed by atoms with Crippen LogP contribution in [0.1, 0.15) is 43.9 Å². The van der Waals surface area contributed by atoms with Crippen LogP contribution in [0.15, 0.2) is 16.3 Å². The predicted molar refractivity (Wildman–Crippen MR) is 82.0 cm³/mol. The van der Waals surface area contributed by atoms with Crippen molar-refractivity contribution in [2.75, 3.05) is 0 Å². The van der Waals surface area contributed by atoms with Gasteiger partial charge in [0, 0.05) is 5.54 Å². The third-order valence-corrected chi connectivity index (χ3v) is 7.02. The molecule has 0 aliphatic heterocycles. The summed E-state index contributed by atoms with van der Waals surface area (Å²) in [5.41, 5.74) is 5.18. The van der Waals surface area contributed by atoms with Crippen LogP contribution in [-0.2, 0) is 10.0 Å². The van der Waals surface area contributed by atoms with E-state index in [0.717, 1.165) is 37.0 Å². The maximum atomic E-state index is 12.4. The lowest BCUT2D eigenvalue weighted by Crippen LogP contribution is -2.46. The third-order valence-electron chi connectivity index (χ3n) is 3.43. The predicted octanol–water partition coefficient (Wildman–Crippen LogP) is 2.38. The van der Waals surface area contributed by atoms with Crippen LogP contribution in [0.5, 0.6) is 0 Å². The summed E-state index contributed by atoms with van der Waals surface area (Å²) in [4.78, 5) is 0.861. The molecule has 1 fully saturated rings. The molecule has 19 heavy (non-hydrogen) atoms. The van der Waals surface area contributed by atoms with Gasteiger partial charge >= 0.3 is 0 Å². The van der Waals surface area contributed by atoms with E-state index in [1.54, 1.807) is 12.1 Å². The Balaban J connectivity index is 2.19. The van der Waals surface area contributed by atoms with E-state index < -0.39 is 10.0 Å². The molecular weight excluding hydrogens is 300 g/mol. The normalized spacial score (nSPS) is 19.2. The van der Waals surface area contributed by atoms with Gasteiger partial charge in [-0.15, -0.1) is 11.3 Å². The first-order chi connectivity index (χ1) is 8.82. The van der Waals surface area contributed by atoms with Crippen molar-refractivity contribution in [3.63, 3.8) is 0 Å². The Kier molecular flexibility index (Phi) is 4.29. The SMILES string of the molecule is CC1(NS(=O)(=O)c2ccc(C(N)=S)s2)CCCCC1. The minimum absolute atomic E-state index is 0.232. The molecule has 4 nitrogen and oxygen atoms in total. The van der Waals surface area contributed by atoms with Gasteiger partial charge in [-0.3, -0.25) is 0 Å². The van der Waals surface area contributed by atoms with Crippen molar-refractivity contribution < 1.29 is 8.42 Å². The van der Waals surface area contributed by atoms with Gasteiger partial charge in [0.05, 0.1) is 4.88 Å². The minimum atomic E-state index is -3.48. The van der Waals surface area contributed by atoms with Crippen LogP contribution in [-0.4, -0.2) is 18.9 Å². The second-order valence-electron chi connectivity index (χ2n) is 5.21. The Morgan fingerprint density at radius 2 is 2.00 bits per heavy atom. The lowest BCUT2D eigenvalue weighted by Gasteiger charge is -2.33. The first-order valence-corrected chi connectivity index (χ1v) is 8.97. The topological polar surface area (TPSA) is 72.2 Å². The van der Waals surface area contributed by atoms with Gasteiger partial charge in [-0.2, -0.15) is 0 Å². The van der Waals surface area contributed by atoms with Crippen LogP contribution in [0.25, 0.3) is 0 Å². The summed E-state index contributed by atoms with van der Waals surface area (Å²) in [5, 5.41) is 0. The quantitative estimate of drug-likeness (QED) is 0.836. The number of hydrogen-bond acceptors (Lipinski definition) is 4. The largest absolute Gasteiger partial charge is 0.389 e. The fraction of sp³-hybridized carbons (Fsp3) is 0.583. The van der Waals surface area contributed by atoms with Crippen LogP contribution < -0.4 is 10.5 Å². The smallest absolute Gasteiger partial charge is 0.250 e. The highest BCUT2D eigenvalue weighted by Gasteiger charge is 2.32. The summed E-state index contributed by atoms with van der Waals surface area (Å²) in [5.74, 6) is 0. The molecule has 7 heteroatoms. The molecule has 0 saturated heterocycles. The average molecular weight is 318 g/mol. The van der Waals surface area contributed by atoms with Crippen LogP contribution in [0.4, 0.5) is 0 Å². The summed E-state index contributed by atoms with van der Waals surface area (Å²) in [6, 6.07) is 3.22. The Morgan fingerprint density at radius 3 is 2.53 bits per heavy atom. The molecule has 2 rings (SSSR count). The molecule has 1 heterocycles. The molecule has 1 aliphatic rings. The summed E-state index contributed by atoms with van der Waals surface area (Å²) >= 11 is 5.97. The van der Waals surface area contributed by atoms with Gasteiger partial charge in [0.15, 0.2) is 0 Å². The zero-order valence-corrected chi connectivity index (χ0v) is 13.3. The first-order valence-electron chi connectivity index (χ1n) is 6.26. The van der Waals surface area contributed by atoms with Gasteiger partial charge in [-0.1, -0.05) is 31.5 Å².